The van der Waals surface area contributed by atoms with Crippen LogP contribution in [-0.2, 0) is 4.74 Å². The van der Waals surface area contributed by atoms with Gasteiger partial charge < -0.3 is 0 Å². The van der Waals surface area contributed by atoms with E-state index in [9.17, 15) is 0 Å². The van der Waals surface area contributed by atoms with Gasteiger partial charge in [0.2, 0.25) is 0 Å². The molecule has 1 aromatic heterocycles. The molecule has 88 valence electrons. The van der Waals surface area contributed by atoms with Crippen molar-refractivity contribution in [3.8, 4) is 0 Å². The predicted octanol–water partition coefficient (Wildman–Crippen LogP) is 2.22. The Balaban J connectivity index is 1.97. The monoisotopic (exact) mass is 293 g/mol. The van der Waals surface area contributed by atoms with Crippen molar-refractivity contribution in [2.75, 3.05) is 7.11 Å². The van der Waals surface area contributed by atoms with E-state index in [1.165, 1.54) is 10.2 Å². The summed E-state index contributed by atoms with van der Waals surface area (Å²) in [5.74, 6) is 0. The SMILES string of the molecule is COC(C[Se]c1ccccn1)c1ccccc1. The molecule has 2 rings (SSSR count). The van der Waals surface area contributed by atoms with Crippen molar-refractivity contribution in [3.63, 3.8) is 0 Å². The maximum absolute atomic E-state index is 5.55. The summed E-state index contributed by atoms with van der Waals surface area (Å²) in [5, 5.41) is 1.02. The molecule has 3 heteroatoms. The van der Waals surface area contributed by atoms with Crippen molar-refractivity contribution in [1.82, 2.24) is 4.98 Å². The van der Waals surface area contributed by atoms with Crippen molar-refractivity contribution in [2.24, 2.45) is 0 Å². The van der Waals surface area contributed by atoms with Gasteiger partial charge in [0.1, 0.15) is 0 Å². The first-order valence-corrected chi connectivity index (χ1v) is 7.58. The molecule has 2 aromatic rings. The fourth-order valence-electron chi connectivity index (χ4n) is 1.56. The third-order valence-corrected chi connectivity index (χ3v) is 4.59. The van der Waals surface area contributed by atoms with Crippen LogP contribution in [0.25, 0.3) is 0 Å². The Morgan fingerprint density at radius 3 is 2.53 bits per heavy atom. The summed E-state index contributed by atoms with van der Waals surface area (Å²) < 4.78 is 6.72. The Morgan fingerprint density at radius 1 is 1.12 bits per heavy atom. The average molecular weight is 292 g/mol. The summed E-state index contributed by atoms with van der Waals surface area (Å²) in [6.07, 6.45) is 2.03. The third kappa shape index (κ3) is 3.67. The molecule has 0 aliphatic heterocycles. The Hall–Kier alpha value is -1.15. The molecule has 0 spiro atoms. The fraction of sp³-hybridized carbons (Fsp3) is 0.214. The molecular formula is C14H15NOSe. The third-order valence-electron chi connectivity index (χ3n) is 2.48. The van der Waals surface area contributed by atoms with Gasteiger partial charge >= 0.3 is 108 Å². The van der Waals surface area contributed by atoms with E-state index in [1.54, 1.807) is 7.11 Å². The number of methoxy groups -OCH3 is 1. The molecule has 0 saturated carbocycles. The summed E-state index contributed by atoms with van der Waals surface area (Å²) in [6.45, 7) is 0. The molecule has 17 heavy (non-hydrogen) atoms. The van der Waals surface area contributed by atoms with E-state index in [0.29, 0.717) is 15.0 Å². The molecule has 1 atom stereocenters. The number of ether oxygens (including phenoxy) is 1. The Bertz CT molecular complexity index is 432. The zero-order valence-electron chi connectivity index (χ0n) is 9.74. The van der Waals surface area contributed by atoms with Crippen LogP contribution in [0.3, 0.4) is 0 Å². The van der Waals surface area contributed by atoms with Gasteiger partial charge in [0.25, 0.3) is 0 Å². The van der Waals surface area contributed by atoms with Gasteiger partial charge in [0.15, 0.2) is 0 Å². The molecule has 1 aromatic carbocycles. The number of rotatable bonds is 5. The number of hydrogen-bond acceptors (Lipinski definition) is 2. The summed E-state index contributed by atoms with van der Waals surface area (Å²) in [5.41, 5.74) is 1.24. The van der Waals surface area contributed by atoms with Crippen LogP contribution in [0.1, 0.15) is 11.7 Å². The van der Waals surface area contributed by atoms with Crippen molar-refractivity contribution < 1.29 is 4.74 Å². The van der Waals surface area contributed by atoms with Gasteiger partial charge in [-0.1, -0.05) is 0 Å². The number of pyridine rings is 1. The standard InChI is InChI=1S/C14H15NOSe/c1-16-13(12-7-3-2-4-8-12)11-17-14-9-5-6-10-15-14/h2-10,13H,11H2,1H3. The van der Waals surface area contributed by atoms with Crippen molar-refractivity contribution in [1.29, 1.82) is 0 Å². The minimum atomic E-state index is 0.179. The fourth-order valence-corrected chi connectivity index (χ4v) is 3.58. The van der Waals surface area contributed by atoms with E-state index in [0.717, 1.165) is 5.32 Å². The van der Waals surface area contributed by atoms with Crippen LogP contribution in [0.4, 0.5) is 0 Å². The van der Waals surface area contributed by atoms with E-state index in [2.05, 4.69) is 35.3 Å². The molecule has 0 aliphatic carbocycles. The van der Waals surface area contributed by atoms with Crippen LogP contribution in [-0.4, -0.2) is 27.1 Å². The molecule has 0 bridgehead atoms. The van der Waals surface area contributed by atoms with Crippen LogP contribution in [0.2, 0.25) is 5.32 Å². The van der Waals surface area contributed by atoms with E-state index in [-0.39, 0.29) is 6.10 Å². The molecule has 0 radical (unpaired) electrons. The van der Waals surface area contributed by atoms with Crippen LogP contribution in [0.5, 0.6) is 0 Å². The quantitative estimate of drug-likeness (QED) is 0.788. The van der Waals surface area contributed by atoms with Crippen LogP contribution < -0.4 is 4.59 Å². The molecule has 1 unspecified atom stereocenters. The first-order valence-electron chi connectivity index (χ1n) is 5.51. The van der Waals surface area contributed by atoms with Gasteiger partial charge in [-0.25, -0.2) is 0 Å². The van der Waals surface area contributed by atoms with Gasteiger partial charge in [-0.15, -0.1) is 0 Å². The first-order chi connectivity index (χ1) is 8.40. The molecule has 1 heterocycles. The second-order valence-corrected chi connectivity index (χ2v) is 5.80. The van der Waals surface area contributed by atoms with Gasteiger partial charge in [-0.2, -0.15) is 0 Å². The molecule has 2 nitrogen and oxygen atoms in total. The van der Waals surface area contributed by atoms with E-state index < -0.39 is 0 Å². The van der Waals surface area contributed by atoms with E-state index >= 15 is 0 Å². The first kappa shape index (κ1) is 12.3. The second-order valence-electron chi connectivity index (χ2n) is 3.61. The predicted molar refractivity (Wildman–Crippen MR) is 70.6 cm³/mol. The van der Waals surface area contributed by atoms with Crippen LogP contribution in [0.15, 0.2) is 54.7 Å². The number of aromatic nitrogens is 1. The zero-order valence-corrected chi connectivity index (χ0v) is 11.5. The van der Waals surface area contributed by atoms with Crippen LogP contribution >= 0.6 is 0 Å². The van der Waals surface area contributed by atoms with Gasteiger partial charge in [-0.05, 0) is 0 Å². The molecule has 0 amide bonds. The summed E-state index contributed by atoms with van der Waals surface area (Å²) in [6, 6.07) is 16.4. The van der Waals surface area contributed by atoms with Crippen molar-refractivity contribution >= 4 is 19.5 Å². The maximum atomic E-state index is 5.55. The van der Waals surface area contributed by atoms with Gasteiger partial charge in [0, 0.05) is 0 Å². The molecule has 0 saturated heterocycles. The normalized spacial score (nSPS) is 12.3. The zero-order chi connectivity index (χ0) is 11.9. The van der Waals surface area contributed by atoms with E-state index in [4.69, 9.17) is 4.74 Å². The number of nitrogens with zero attached hydrogens (tertiary/aromatic N) is 1. The topological polar surface area (TPSA) is 22.1 Å². The Kier molecular flexibility index (Phi) is 4.74. The van der Waals surface area contributed by atoms with Crippen molar-refractivity contribution in [2.45, 2.75) is 11.4 Å². The second kappa shape index (κ2) is 6.55. The summed E-state index contributed by atoms with van der Waals surface area (Å²) >= 11 is 0.359. The average Bonchev–Trinajstić information content (AvgIpc) is 2.42. The van der Waals surface area contributed by atoms with Gasteiger partial charge in [-0.3, -0.25) is 0 Å². The molecule has 0 aliphatic rings. The summed E-state index contributed by atoms with van der Waals surface area (Å²) in [7, 11) is 1.77. The number of hydrogen-bond donors (Lipinski definition) is 0. The molecular weight excluding hydrogens is 277 g/mol. The molecule has 0 fully saturated rings. The minimum absolute atomic E-state index is 0.179. The Labute approximate surface area is 108 Å². The summed E-state index contributed by atoms with van der Waals surface area (Å²) in [4.78, 5) is 4.35. The molecule has 0 N–H and O–H groups in total. The van der Waals surface area contributed by atoms with Crippen LogP contribution in [0, 0.1) is 0 Å². The Morgan fingerprint density at radius 2 is 1.88 bits per heavy atom. The number of benzene rings is 1. The van der Waals surface area contributed by atoms with Gasteiger partial charge in [0.05, 0.1) is 0 Å². The van der Waals surface area contributed by atoms with Crippen molar-refractivity contribution in [3.05, 3.63) is 60.3 Å². The van der Waals surface area contributed by atoms with E-state index in [1.807, 2.05) is 24.4 Å².